The molecule has 1 heterocycles. The summed E-state index contributed by atoms with van der Waals surface area (Å²) >= 11 is 0. The first-order valence-electron chi connectivity index (χ1n) is 17.9. The summed E-state index contributed by atoms with van der Waals surface area (Å²) in [7, 11) is 0. The average molecular weight is 658 g/mol. The molecule has 6 aromatic carbocycles. The second-order valence-electron chi connectivity index (χ2n) is 14.1. The van der Waals surface area contributed by atoms with Crippen molar-refractivity contribution >= 4 is 38.9 Å². The molecule has 0 saturated carbocycles. The largest absolute Gasteiger partial charge is 0.455 e. The molecule has 0 bridgehead atoms. The van der Waals surface area contributed by atoms with Crippen LogP contribution in [0.2, 0.25) is 0 Å². The Morgan fingerprint density at radius 3 is 2.10 bits per heavy atom. The SMILES string of the molecule is CC=CC1=C(C)C(C)(C)c2c(-c3ccc(N(C4=C=CC4)c4ccccc4-c4ccccc4)cc3)ccc(-c3cccc4c3oc3ccccc34)c21. The van der Waals surface area contributed by atoms with Gasteiger partial charge in [0.15, 0.2) is 0 Å². The van der Waals surface area contributed by atoms with Gasteiger partial charge < -0.3 is 9.32 Å². The molecule has 9 rings (SSSR count). The first-order chi connectivity index (χ1) is 25.0. The third kappa shape index (κ3) is 4.87. The molecule has 2 nitrogen and oxygen atoms in total. The number of rotatable bonds is 7. The number of para-hydroxylation sites is 3. The Hall–Kier alpha value is -6.08. The standard InChI is InChI=1S/C49H39NO/c1-5-15-37-32(2)49(3,4)47-39(30-31-41(46(37)47)43-23-14-22-42-40-21-10-12-25-45(40)51-48(42)43)34-26-28-36(29-27-34)50(35-18-13-19-35)44-24-11-9-20-38(44)33-16-7-6-8-17-33/h5-17,20-31H,18H2,1-4H3. The fourth-order valence-corrected chi connectivity index (χ4v) is 8.15. The van der Waals surface area contributed by atoms with Gasteiger partial charge in [-0.15, -0.1) is 5.73 Å². The molecule has 7 aromatic rings. The Kier molecular flexibility index (Phi) is 7.31. The van der Waals surface area contributed by atoms with Crippen molar-refractivity contribution in [3.8, 4) is 33.4 Å². The van der Waals surface area contributed by atoms with Gasteiger partial charge in [0.1, 0.15) is 11.2 Å². The van der Waals surface area contributed by atoms with E-state index in [2.05, 4.69) is 184 Å². The topological polar surface area (TPSA) is 16.4 Å². The summed E-state index contributed by atoms with van der Waals surface area (Å²) < 4.78 is 6.58. The van der Waals surface area contributed by atoms with Crippen LogP contribution in [0, 0.1) is 0 Å². The van der Waals surface area contributed by atoms with Crippen molar-refractivity contribution < 1.29 is 4.42 Å². The van der Waals surface area contributed by atoms with Crippen LogP contribution >= 0.6 is 0 Å². The first-order valence-corrected chi connectivity index (χ1v) is 17.9. The lowest BCUT2D eigenvalue weighted by atomic mass is 9.77. The Balaban J connectivity index is 1.20. The molecule has 2 heteroatoms. The average Bonchev–Trinajstić information content (AvgIpc) is 3.62. The molecule has 2 aliphatic carbocycles. The lowest BCUT2D eigenvalue weighted by Gasteiger charge is -2.30. The molecule has 0 N–H and O–H groups in total. The monoisotopic (exact) mass is 657 g/mol. The van der Waals surface area contributed by atoms with Gasteiger partial charge in [-0.25, -0.2) is 0 Å². The van der Waals surface area contributed by atoms with E-state index in [4.69, 9.17) is 4.42 Å². The Labute approximate surface area is 300 Å². The Morgan fingerprint density at radius 2 is 1.33 bits per heavy atom. The van der Waals surface area contributed by atoms with Gasteiger partial charge in [-0.05, 0) is 83.1 Å². The molecular weight excluding hydrogens is 619 g/mol. The van der Waals surface area contributed by atoms with E-state index in [0.29, 0.717) is 0 Å². The summed E-state index contributed by atoms with van der Waals surface area (Å²) in [5, 5.41) is 2.30. The highest BCUT2D eigenvalue weighted by Gasteiger charge is 2.39. The number of anilines is 2. The smallest absolute Gasteiger partial charge is 0.143 e. The van der Waals surface area contributed by atoms with E-state index in [9.17, 15) is 0 Å². The van der Waals surface area contributed by atoms with Gasteiger partial charge in [-0.1, -0.05) is 141 Å². The molecule has 51 heavy (non-hydrogen) atoms. The fraction of sp³-hybridized carbons (Fsp3) is 0.122. The molecule has 0 amide bonds. The molecule has 0 aliphatic heterocycles. The van der Waals surface area contributed by atoms with Crippen molar-refractivity contribution in [1.82, 2.24) is 0 Å². The molecule has 0 spiro atoms. The van der Waals surface area contributed by atoms with Gasteiger partial charge >= 0.3 is 0 Å². The summed E-state index contributed by atoms with van der Waals surface area (Å²) in [6.45, 7) is 9.16. The lowest BCUT2D eigenvalue weighted by molar-refractivity contribution is 0.641. The van der Waals surface area contributed by atoms with Crippen LogP contribution in [0.3, 0.4) is 0 Å². The predicted molar refractivity (Wildman–Crippen MR) is 215 cm³/mol. The molecule has 2 aliphatic rings. The minimum absolute atomic E-state index is 0.168. The highest BCUT2D eigenvalue weighted by Crippen LogP contribution is 2.54. The van der Waals surface area contributed by atoms with Crippen LogP contribution in [-0.4, -0.2) is 0 Å². The van der Waals surface area contributed by atoms with Crippen molar-refractivity contribution in [1.29, 1.82) is 0 Å². The maximum Gasteiger partial charge on any atom is 0.143 e. The number of fused-ring (bicyclic) bond motifs is 4. The van der Waals surface area contributed by atoms with Gasteiger partial charge in [-0.2, -0.15) is 0 Å². The van der Waals surface area contributed by atoms with Gasteiger partial charge in [0.2, 0.25) is 0 Å². The van der Waals surface area contributed by atoms with Gasteiger partial charge in [0.05, 0.1) is 11.4 Å². The second-order valence-corrected chi connectivity index (χ2v) is 14.1. The zero-order valence-electron chi connectivity index (χ0n) is 29.5. The molecule has 0 fully saturated rings. The predicted octanol–water partition coefficient (Wildman–Crippen LogP) is 13.8. The summed E-state index contributed by atoms with van der Waals surface area (Å²) in [6, 6.07) is 48.0. The third-order valence-corrected chi connectivity index (χ3v) is 11.0. The number of hydrogen-bond acceptors (Lipinski definition) is 2. The van der Waals surface area contributed by atoms with Crippen molar-refractivity contribution in [2.45, 2.75) is 39.5 Å². The maximum absolute atomic E-state index is 6.58. The van der Waals surface area contributed by atoms with E-state index >= 15 is 0 Å². The van der Waals surface area contributed by atoms with Crippen LogP contribution in [0.25, 0.3) is 60.9 Å². The molecule has 0 radical (unpaired) electrons. The van der Waals surface area contributed by atoms with Crippen molar-refractivity contribution in [3.63, 3.8) is 0 Å². The molecule has 1 aromatic heterocycles. The highest BCUT2D eigenvalue weighted by atomic mass is 16.3. The number of nitrogens with zero attached hydrogens (tertiary/aromatic N) is 1. The zero-order chi connectivity index (χ0) is 34.7. The Morgan fingerprint density at radius 1 is 0.667 bits per heavy atom. The normalized spacial score (nSPS) is 14.7. The van der Waals surface area contributed by atoms with Crippen molar-refractivity contribution in [2.75, 3.05) is 4.90 Å². The first kappa shape index (κ1) is 30.9. The van der Waals surface area contributed by atoms with Gasteiger partial charge in [0.25, 0.3) is 0 Å². The van der Waals surface area contributed by atoms with E-state index in [-0.39, 0.29) is 5.41 Å². The van der Waals surface area contributed by atoms with Crippen LogP contribution in [0.4, 0.5) is 11.4 Å². The fourth-order valence-electron chi connectivity index (χ4n) is 8.15. The van der Waals surface area contributed by atoms with E-state index < -0.39 is 0 Å². The van der Waals surface area contributed by atoms with E-state index in [0.717, 1.165) is 45.3 Å². The molecule has 0 atom stereocenters. The van der Waals surface area contributed by atoms with E-state index in [1.165, 1.54) is 55.8 Å². The quantitative estimate of drug-likeness (QED) is 0.159. The Bertz CT molecular complexity index is 2620. The van der Waals surface area contributed by atoms with Crippen LogP contribution in [0.5, 0.6) is 0 Å². The summed E-state index contributed by atoms with van der Waals surface area (Å²) in [4.78, 5) is 2.37. The summed E-state index contributed by atoms with van der Waals surface area (Å²) in [5.41, 5.74) is 21.2. The number of allylic oxidation sites excluding steroid dienone is 4. The van der Waals surface area contributed by atoms with Crippen molar-refractivity contribution in [2.24, 2.45) is 0 Å². The van der Waals surface area contributed by atoms with Crippen LogP contribution in [0.1, 0.15) is 45.2 Å². The minimum Gasteiger partial charge on any atom is -0.455 e. The summed E-state index contributed by atoms with van der Waals surface area (Å²) in [5.74, 6) is 0. The van der Waals surface area contributed by atoms with Gasteiger partial charge in [-0.3, -0.25) is 0 Å². The molecule has 246 valence electrons. The third-order valence-electron chi connectivity index (χ3n) is 11.0. The number of hydrogen-bond donors (Lipinski definition) is 0. The number of furan rings is 1. The number of benzene rings is 6. The minimum atomic E-state index is -0.168. The highest BCUT2D eigenvalue weighted by molar-refractivity contribution is 6.11. The van der Waals surface area contributed by atoms with E-state index in [1.807, 2.05) is 6.07 Å². The van der Waals surface area contributed by atoms with E-state index in [1.54, 1.807) is 0 Å². The van der Waals surface area contributed by atoms with Crippen LogP contribution < -0.4 is 4.90 Å². The van der Waals surface area contributed by atoms with Crippen LogP contribution in [-0.2, 0) is 5.41 Å². The molecule has 0 unspecified atom stereocenters. The molecular formula is C49H39NO. The zero-order valence-corrected chi connectivity index (χ0v) is 29.5. The maximum atomic E-state index is 6.58. The molecule has 0 saturated heterocycles. The van der Waals surface area contributed by atoms with Crippen LogP contribution in [0.15, 0.2) is 173 Å². The second kappa shape index (κ2) is 12.1. The summed E-state index contributed by atoms with van der Waals surface area (Å²) in [6.07, 6.45) is 7.46. The lowest BCUT2D eigenvalue weighted by Crippen LogP contribution is -2.19. The van der Waals surface area contributed by atoms with Gasteiger partial charge in [0, 0.05) is 39.4 Å². The van der Waals surface area contributed by atoms with Crippen molar-refractivity contribution in [3.05, 3.63) is 180 Å².